The number of pyridine rings is 2. The molecule has 12 nitrogen and oxygen atoms in total. The first-order chi connectivity index (χ1) is 27.0. The lowest BCUT2D eigenvalue weighted by Gasteiger charge is -2.15. The van der Waals surface area contributed by atoms with Gasteiger partial charge in [0.1, 0.15) is 11.2 Å². The van der Waals surface area contributed by atoms with E-state index in [9.17, 15) is 10.2 Å². The van der Waals surface area contributed by atoms with Gasteiger partial charge in [-0.15, -0.1) is 0 Å². The average molecular weight is 750 g/mol. The van der Waals surface area contributed by atoms with Crippen molar-refractivity contribution in [1.29, 1.82) is 0 Å². The van der Waals surface area contributed by atoms with Crippen LogP contribution in [0.25, 0.3) is 45.1 Å². The number of aromatic nitrogens is 10. The van der Waals surface area contributed by atoms with Crippen LogP contribution in [0.5, 0.6) is 0 Å². The van der Waals surface area contributed by atoms with E-state index in [0.29, 0.717) is 5.69 Å². The Morgan fingerprint density at radius 2 is 1.22 bits per heavy atom. The Balaban J connectivity index is 0.000000160. The molecule has 13 heteroatoms. The molecule has 0 saturated heterocycles. The number of benzene rings is 2. The number of halogens is 1. The topological polar surface area (TPSA) is 152 Å². The molecule has 8 aromatic rings. The van der Waals surface area contributed by atoms with Crippen LogP contribution < -0.4 is 0 Å². The molecule has 256 valence electrons. The molecule has 51 heavy (non-hydrogen) atoms. The molecule has 8 rings (SSSR count). The molecule has 2 unspecified atom stereocenters. The summed E-state index contributed by atoms with van der Waals surface area (Å²) < 4.78 is 48.2. The summed E-state index contributed by atoms with van der Waals surface area (Å²) in [7, 11) is 0. The van der Waals surface area contributed by atoms with E-state index < -0.39 is 24.9 Å². The molecule has 2 N–H and O–H groups in total. The third kappa shape index (κ3) is 8.70. The highest BCUT2D eigenvalue weighted by atomic mass is 79.9. The second-order valence-corrected chi connectivity index (χ2v) is 12.4. The summed E-state index contributed by atoms with van der Waals surface area (Å²) in [4.78, 5) is 24.5. The molecular weight excluding hydrogens is 708 g/mol. The van der Waals surface area contributed by atoms with Crippen molar-refractivity contribution in [2.45, 2.75) is 38.8 Å². The van der Waals surface area contributed by atoms with Crippen LogP contribution in [0.15, 0.2) is 133 Å². The van der Waals surface area contributed by atoms with Gasteiger partial charge in [0, 0.05) is 60.4 Å². The summed E-state index contributed by atoms with van der Waals surface area (Å²) in [6.45, 7) is -2.81. The first-order valence-corrected chi connectivity index (χ1v) is 16.2. The van der Waals surface area contributed by atoms with Crippen LogP contribution in [0.4, 0.5) is 0 Å². The lowest BCUT2D eigenvalue weighted by atomic mass is 10.0. The van der Waals surface area contributed by atoms with Crippen molar-refractivity contribution >= 4 is 27.5 Å². The number of hydrogen-bond acceptors (Lipinski definition) is 10. The fourth-order valence-corrected chi connectivity index (χ4v) is 5.15. The highest BCUT2D eigenvalue weighted by Gasteiger charge is 2.20. The Kier molecular flexibility index (Phi) is 8.24. The second-order valence-electron chi connectivity index (χ2n) is 11.5. The van der Waals surface area contributed by atoms with E-state index in [2.05, 4.69) is 74.2 Å². The van der Waals surface area contributed by atoms with Gasteiger partial charge in [-0.05, 0) is 69.0 Å². The molecule has 0 spiro atoms. The molecule has 0 saturated carbocycles. The third-order valence-electron chi connectivity index (χ3n) is 7.33. The Labute approximate surface area is 311 Å². The van der Waals surface area contributed by atoms with E-state index in [1.807, 2.05) is 60.8 Å². The molecule has 6 aromatic heterocycles. The third-order valence-corrected chi connectivity index (χ3v) is 7.83. The normalized spacial score (nSPS) is 15.5. The van der Waals surface area contributed by atoms with Crippen LogP contribution in [0.3, 0.4) is 0 Å². The maximum Gasteiger partial charge on any atom is 0.251 e. The average Bonchev–Trinajstić information content (AvgIpc) is 3.85. The van der Waals surface area contributed by atoms with Crippen LogP contribution in [-0.2, 0) is 11.2 Å². The van der Waals surface area contributed by atoms with Crippen LogP contribution in [0.2, 0.25) is 0 Å². The monoisotopic (exact) mass is 748 g/mol. The number of aliphatic hydroxyl groups is 2. The van der Waals surface area contributed by atoms with Gasteiger partial charge in [-0.3, -0.25) is 9.97 Å². The highest BCUT2D eigenvalue weighted by molar-refractivity contribution is 9.10. The van der Waals surface area contributed by atoms with Gasteiger partial charge < -0.3 is 10.2 Å². The quantitative estimate of drug-likeness (QED) is 0.189. The Hall–Kier alpha value is -5.76. The first-order valence-electron chi connectivity index (χ1n) is 18.5. The number of fused-ring (bicyclic) bond motifs is 2. The molecule has 2 atom stereocenters. The Morgan fingerprint density at radius 1 is 0.627 bits per heavy atom. The number of imidazole rings is 2. The van der Waals surface area contributed by atoms with Crippen LogP contribution in [0.1, 0.15) is 47.2 Å². The molecule has 6 heterocycles. The summed E-state index contributed by atoms with van der Waals surface area (Å²) in [6.07, 6.45) is 14.3. The van der Waals surface area contributed by atoms with Gasteiger partial charge >= 0.3 is 0 Å². The molecule has 0 radical (unpaired) electrons. The minimum Gasteiger partial charge on any atom is -0.384 e. The van der Waals surface area contributed by atoms with Crippen molar-refractivity contribution in [3.8, 4) is 33.5 Å². The van der Waals surface area contributed by atoms with E-state index in [4.69, 9.17) is 8.22 Å². The van der Waals surface area contributed by atoms with E-state index in [1.54, 1.807) is 31.0 Å². The van der Waals surface area contributed by atoms with Crippen molar-refractivity contribution < 1.29 is 18.4 Å². The molecule has 0 fully saturated rings. The summed E-state index contributed by atoms with van der Waals surface area (Å²) in [5, 5.41) is 28.4. The Morgan fingerprint density at radius 3 is 1.84 bits per heavy atom. The van der Waals surface area contributed by atoms with Gasteiger partial charge in [0.25, 0.3) is 11.6 Å². The van der Waals surface area contributed by atoms with E-state index in [1.165, 1.54) is 47.0 Å². The van der Waals surface area contributed by atoms with Gasteiger partial charge in [0.15, 0.2) is 0 Å². The molecule has 2 aromatic carbocycles. The predicted octanol–water partition coefficient (Wildman–Crippen LogP) is 6.94. The summed E-state index contributed by atoms with van der Waals surface area (Å²) >= 11 is 3.44. The number of hydrogen-bond donors (Lipinski definition) is 2. The Bertz CT molecular complexity index is 2600. The molecular formula is C38H35BrN10O2. The lowest BCUT2D eigenvalue weighted by Crippen LogP contribution is -2.19. The zero-order valence-electron chi connectivity index (χ0n) is 33.4. The van der Waals surface area contributed by atoms with E-state index >= 15 is 0 Å². The SMILES string of the molecule is Brc1cccc(-c2cccnc2)c1.[2H]C([2H])([2H])C(C)(O)c1cnn2c(-c3cccc(-c4cccnc4)c3)cnc2n1.[2H]C([2H])([2H])C(C)(O)c1cnn2ccnc2n1. The molecule has 0 aliphatic heterocycles. The van der Waals surface area contributed by atoms with Gasteiger partial charge in [-0.1, -0.05) is 58.4 Å². The maximum atomic E-state index is 10.4. The van der Waals surface area contributed by atoms with Crippen LogP contribution in [-0.4, -0.2) is 59.3 Å². The van der Waals surface area contributed by atoms with Gasteiger partial charge in [0.05, 0.1) is 41.9 Å². The van der Waals surface area contributed by atoms with E-state index in [-0.39, 0.29) is 22.9 Å². The maximum absolute atomic E-state index is 10.4. The fourth-order valence-electron chi connectivity index (χ4n) is 4.75. The number of rotatable bonds is 5. The molecule has 0 amide bonds. The zero-order valence-corrected chi connectivity index (χ0v) is 29.0. The van der Waals surface area contributed by atoms with Crippen molar-refractivity contribution in [3.63, 3.8) is 0 Å². The zero-order chi connectivity index (χ0) is 41.0. The van der Waals surface area contributed by atoms with Crippen molar-refractivity contribution in [1.82, 2.24) is 49.1 Å². The molecule has 0 aliphatic carbocycles. The summed E-state index contributed by atoms with van der Waals surface area (Å²) in [5.74, 6) is 0.464. The molecule has 0 aliphatic rings. The largest absolute Gasteiger partial charge is 0.384 e. The van der Waals surface area contributed by atoms with Gasteiger partial charge in [-0.2, -0.15) is 14.7 Å². The molecule has 0 bridgehead atoms. The standard InChI is InChI=1S/C19H17N5O.C11H8BrN.C8H10N4O/c1-19(2,25)17-12-22-24-16(11-21-18(24)23-17)14-6-3-5-13(9-14)15-7-4-8-20-10-15;12-11-5-1-3-9(7-11)10-4-2-6-13-8-10;1-8(2,13)6-5-10-12-4-3-9-7(12)11-6/h3-12,25H,1-2H3;1-8H;3-5,13H,1-2H3/i1D3;;1D3. The fraction of sp³-hybridized carbons (Fsp3) is 0.158. The van der Waals surface area contributed by atoms with Crippen LogP contribution in [0, 0.1) is 0 Å². The highest BCUT2D eigenvalue weighted by Crippen LogP contribution is 2.27. The summed E-state index contributed by atoms with van der Waals surface area (Å²) in [5.41, 5.74) is 1.66. The summed E-state index contributed by atoms with van der Waals surface area (Å²) in [6, 6.07) is 23.9. The van der Waals surface area contributed by atoms with Crippen molar-refractivity contribution in [3.05, 3.63) is 144 Å². The second kappa shape index (κ2) is 15.0. The first kappa shape index (κ1) is 28.0. The van der Waals surface area contributed by atoms with Gasteiger partial charge in [0.2, 0.25) is 0 Å². The van der Waals surface area contributed by atoms with E-state index in [0.717, 1.165) is 26.7 Å². The van der Waals surface area contributed by atoms with Crippen molar-refractivity contribution in [2.24, 2.45) is 0 Å². The van der Waals surface area contributed by atoms with Crippen LogP contribution >= 0.6 is 15.9 Å². The number of nitrogens with zero attached hydrogens (tertiary/aromatic N) is 10. The predicted molar refractivity (Wildman–Crippen MR) is 198 cm³/mol. The minimum atomic E-state index is -2.63. The smallest absolute Gasteiger partial charge is 0.251 e. The van der Waals surface area contributed by atoms with Crippen molar-refractivity contribution in [2.75, 3.05) is 0 Å². The minimum absolute atomic E-state index is 0.0220. The lowest BCUT2D eigenvalue weighted by molar-refractivity contribution is 0.0729. The van der Waals surface area contributed by atoms with Gasteiger partial charge in [-0.25, -0.2) is 24.5 Å².